The largest absolute Gasteiger partial charge is 0.302 e. The fourth-order valence-corrected chi connectivity index (χ4v) is 4.90. The first kappa shape index (κ1) is 24.1. The van der Waals surface area contributed by atoms with Gasteiger partial charge in [0.2, 0.25) is 11.8 Å². The second-order valence-corrected chi connectivity index (χ2v) is 9.27. The summed E-state index contributed by atoms with van der Waals surface area (Å²) >= 11 is 5.24. The number of rotatable bonds is 14. The minimum absolute atomic E-state index is 0.222. The molecule has 1 aromatic rings. The lowest BCUT2D eigenvalue weighted by atomic mass is 10.0. The van der Waals surface area contributed by atoms with Crippen molar-refractivity contribution in [2.75, 3.05) is 11.1 Å². The van der Waals surface area contributed by atoms with Gasteiger partial charge in [0.05, 0.1) is 6.04 Å². The van der Waals surface area contributed by atoms with Gasteiger partial charge in [0.25, 0.3) is 0 Å². The Morgan fingerprint density at radius 2 is 1.83 bits per heavy atom. The fraction of sp³-hybridized carbons (Fsp3) is 0.591. The van der Waals surface area contributed by atoms with Crippen LogP contribution in [0.2, 0.25) is 0 Å². The van der Waals surface area contributed by atoms with E-state index in [-0.39, 0.29) is 11.8 Å². The number of carbonyl (C=O) groups is 3. The highest BCUT2D eigenvalue weighted by Crippen LogP contribution is 2.27. The lowest BCUT2D eigenvalue weighted by Gasteiger charge is -2.23. The molecule has 7 heteroatoms. The first-order chi connectivity index (χ1) is 14.2. The van der Waals surface area contributed by atoms with Gasteiger partial charge in [0.15, 0.2) is 0 Å². The van der Waals surface area contributed by atoms with Crippen molar-refractivity contribution in [3.8, 4) is 0 Å². The van der Waals surface area contributed by atoms with Gasteiger partial charge < -0.3 is 5.32 Å². The summed E-state index contributed by atoms with van der Waals surface area (Å²) in [6.07, 6.45) is 10.6. The molecule has 1 fully saturated rings. The highest BCUT2D eigenvalue weighted by atomic mass is 79.9. The summed E-state index contributed by atoms with van der Waals surface area (Å²) in [6.45, 7) is 0.442. The SMILES string of the molecule is O=Cc1cccc(SCCCCCCCCCBr)c1CNC1CCC(=O)NC1=O. The zero-order valence-corrected chi connectivity index (χ0v) is 19.3. The first-order valence-corrected chi connectivity index (χ1v) is 12.6. The van der Waals surface area contributed by atoms with Crippen molar-refractivity contribution in [3.05, 3.63) is 29.3 Å². The minimum atomic E-state index is -0.394. The molecular formula is C22H31BrN2O3S. The maximum atomic E-state index is 11.9. The Hall–Kier alpha value is -1.18. The second kappa shape index (κ2) is 13.9. The van der Waals surface area contributed by atoms with Gasteiger partial charge in [-0.2, -0.15) is 0 Å². The van der Waals surface area contributed by atoms with Gasteiger partial charge in [-0.15, -0.1) is 11.8 Å². The molecule has 1 heterocycles. The van der Waals surface area contributed by atoms with Gasteiger partial charge in [-0.1, -0.05) is 60.2 Å². The standard InChI is InChI=1S/C22H31BrN2O3S/c23-13-6-4-2-1-3-5-7-14-29-20-10-8-9-17(16-26)18(20)15-24-19-11-12-21(27)25-22(19)28/h8-10,16,19,24H,1-7,11-15H2,(H,25,27,28). The van der Waals surface area contributed by atoms with Gasteiger partial charge in [0, 0.05) is 28.8 Å². The Kier molecular flexibility index (Phi) is 11.6. The lowest BCUT2D eigenvalue weighted by molar-refractivity contribution is -0.134. The van der Waals surface area contributed by atoms with Gasteiger partial charge >= 0.3 is 0 Å². The van der Waals surface area contributed by atoms with Gasteiger partial charge in [-0.25, -0.2) is 0 Å². The van der Waals surface area contributed by atoms with Crippen LogP contribution in [0.4, 0.5) is 0 Å². The van der Waals surface area contributed by atoms with E-state index >= 15 is 0 Å². The highest BCUT2D eigenvalue weighted by molar-refractivity contribution is 9.09. The number of aldehydes is 1. The Morgan fingerprint density at radius 3 is 2.52 bits per heavy atom. The molecule has 0 bridgehead atoms. The fourth-order valence-electron chi connectivity index (χ4n) is 3.39. The van der Waals surface area contributed by atoms with Crippen molar-refractivity contribution >= 4 is 45.8 Å². The zero-order chi connectivity index (χ0) is 20.9. The molecule has 2 amide bonds. The van der Waals surface area contributed by atoms with Gasteiger partial charge in [-0.05, 0) is 36.6 Å². The molecule has 0 aliphatic carbocycles. The number of benzene rings is 1. The average molecular weight is 483 g/mol. The Labute approximate surface area is 186 Å². The molecule has 2 rings (SSSR count). The van der Waals surface area contributed by atoms with E-state index in [9.17, 15) is 14.4 Å². The van der Waals surface area contributed by atoms with E-state index in [1.54, 1.807) is 11.8 Å². The summed E-state index contributed by atoms with van der Waals surface area (Å²) in [5.41, 5.74) is 1.59. The molecule has 0 spiro atoms. The number of nitrogens with one attached hydrogen (secondary N) is 2. The summed E-state index contributed by atoms with van der Waals surface area (Å²) in [5.74, 6) is 0.519. The number of imide groups is 1. The molecule has 29 heavy (non-hydrogen) atoms. The van der Waals surface area contributed by atoms with E-state index in [0.717, 1.165) is 34.2 Å². The van der Waals surface area contributed by atoms with Crippen LogP contribution in [0.1, 0.15) is 73.7 Å². The molecule has 0 saturated carbocycles. The number of carbonyl (C=O) groups excluding carboxylic acids is 3. The van der Waals surface area contributed by atoms with Crippen LogP contribution in [0.3, 0.4) is 0 Å². The summed E-state index contributed by atoms with van der Waals surface area (Å²) in [7, 11) is 0. The highest BCUT2D eigenvalue weighted by Gasteiger charge is 2.26. The quantitative estimate of drug-likeness (QED) is 0.133. The minimum Gasteiger partial charge on any atom is -0.302 e. The topological polar surface area (TPSA) is 75.3 Å². The third kappa shape index (κ3) is 8.60. The van der Waals surface area contributed by atoms with E-state index in [1.807, 2.05) is 18.2 Å². The van der Waals surface area contributed by atoms with E-state index in [2.05, 4.69) is 26.6 Å². The van der Waals surface area contributed by atoms with Crippen molar-refractivity contribution in [2.24, 2.45) is 0 Å². The molecule has 1 saturated heterocycles. The van der Waals surface area contributed by atoms with Crippen molar-refractivity contribution in [1.29, 1.82) is 0 Å². The van der Waals surface area contributed by atoms with E-state index in [0.29, 0.717) is 24.9 Å². The Bertz CT molecular complexity index is 684. The number of thioether (sulfide) groups is 1. The lowest BCUT2D eigenvalue weighted by Crippen LogP contribution is -2.50. The third-order valence-electron chi connectivity index (χ3n) is 5.10. The van der Waals surface area contributed by atoms with Crippen molar-refractivity contribution in [2.45, 2.75) is 75.3 Å². The predicted octanol–water partition coefficient (Wildman–Crippen LogP) is 4.61. The average Bonchev–Trinajstić information content (AvgIpc) is 2.72. The number of hydrogen-bond donors (Lipinski definition) is 2. The van der Waals surface area contributed by atoms with Crippen LogP contribution >= 0.6 is 27.7 Å². The zero-order valence-electron chi connectivity index (χ0n) is 16.9. The van der Waals surface area contributed by atoms with Crippen LogP contribution in [0.5, 0.6) is 0 Å². The van der Waals surface area contributed by atoms with Crippen molar-refractivity contribution in [3.63, 3.8) is 0 Å². The third-order valence-corrected chi connectivity index (χ3v) is 6.84. The molecular weight excluding hydrogens is 452 g/mol. The maximum Gasteiger partial charge on any atom is 0.243 e. The Balaban J connectivity index is 1.80. The summed E-state index contributed by atoms with van der Waals surface area (Å²) in [4.78, 5) is 35.8. The van der Waals surface area contributed by atoms with Crippen LogP contribution < -0.4 is 10.6 Å². The van der Waals surface area contributed by atoms with Crippen LogP contribution in [-0.2, 0) is 16.1 Å². The number of amides is 2. The summed E-state index contributed by atoms with van der Waals surface area (Å²) < 4.78 is 0. The van der Waals surface area contributed by atoms with Crippen molar-refractivity contribution in [1.82, 2.24) is 10.6 Å². The van der Waals surface area contributed by atoms with E-state index < -0.39 is 6.04 Å². The van der Waals surface area contributed by atoms with Crippen LogP contribution in [-0.4, -0.2) is 35.2 Å². The Morgan fingerprint density at radius 1 is 1.10 bits per heavy atom. The molecule has 2 N–H and O–H groups in total. The normalized spacial score (nSPS) is 16.7. The molecule has 1 aliphatic heterocycles. The maximum absolute atomic E-state index is 11.9. The van der Waals surface area contributed by atoms with Crippen molar-refractivity contribution < 1.29 is 14.4 Å². The van der Waals surface area contributed by atoms with Gasteiger partial charge in [-0.3, -0.25) is 19.7 Å². The first-order valence-electron chi connectivity index (χ1n) is 10.5. The summed E-state index contributed by atoms with van der Waals surface area (Å²) in [6, 6.07) is 5.37. The number of hydrogen-bond acceptors (Lipinski definition) is 5. The number of halogens is 1. The number of unbranched alkanes of at least 4 members (excludes halogenated alkanes) is 6. The number of piperidine rings is 1. The summed E-state index contributed by atoms with van der Waals surface area (Å²) in [5, 5.41) is 6.68. The predicted molar refractivity (Wildman–Crippen MR) is 122 cm³/mol. The van der Waals surface area contributed by atoms with Crippen LogP contribution in [0.15, 0.2) is 23.1 Å². The molecule has 5 nitrogen and oxygen atoms in total. The second-order valence-electron chi connectivity index (χ2n) is 7.34. The molecule has 1 aromatic carbocycles. The smallest absolute Gasteiger partial charge is 0.243 e. The molecule has 0 radical (unpaired) electrons. The molecule has 0 aromatic heterocycles. The molecule has 1 unspecified atom stereocenters. The molecule has 1 atom stereocenters. The molecule has 1 aliphatic rings. The van der Waals surface area contributed by atoms with Crippen LogP contribution in [0.25, 0.3) is 0 Å². The van der Waals surface area contributed by atoms with Crippen LogP contribution in [0, 0.1) is 0 Å². The molecule has 160 valence electrons. The number of alkyl halides is 1. The van der Waals surface area contributed by atoms with E-state index in [1.165, 1.54) is 38.5 Å². The monoisotopic (exact) mass is 482 g/mol. The van der Waals surface area contributed by atoms with E-state index in [4.69, 9.17) is 0 Å². The van der Waals surface area contributed by atoms with Gasteiger partial charge in [0.1, 0.15) is 6.29 Å².